The molecule has 0 atom stereocenters. The summed E-state index contributed by atoms with van der Waals surface area (Å²) < 4.78 is 47.1. The van der Waals surface area contributed by atoms with Gasteiger partial charge in [0, 0.05) is 10.6 Å². The van der Waals surface area contributed by atoms with Crippen LogP contribution in [0.5, 0.6) is 0 Å². The van der Waals surface area contributed by atoms with Crippen molar-refractivity contribution in [3.8, 4) is 0 Å². The minimum Gasteiger partial charge on any atom is -0.507 e. The zero-order valence-electron chi connectivity index (χ0n) is 13.4. The maximum absolute atomic E-state index is 12.3. The Bertz CT molecular complexity index is 753. The molecule has 1 aromatic rings. The Morgan fingerprint density at radius 1 is 1.27 bits per heavy atom. The van der Waals surface area contributed by atoms with Gasteiger partial charge < -0.3 is 14.6 Å². The highest BCUT2D eigenvalue weighted by Crippen LogP contribution is 2.47. The molecule has 0 saturated heterocycles. The van der Waals surface area contributed by atoms with E-state index in [1.165, 1.54) is 18.2 Å². The Balaban J connectivity index is 1.78. The average Bonchev–Trinajstić information content (AvgIpc) is 2.78. The van der Waals surface area contributed by atoms with E-state index in [-0.39, 0.29) is 42.0 Å². The van der Waals surface area contributed by atoms with Gasteiger partial charge in [0.1, 0.15) is 12.2 Å². The summed E-state index contributed by atoms with van der Waals surface area (Å²) in [6.45, 7) is -1.32. The molecule has 9 heteroatoms. The lowest BCUT2D eigenvalue weighted by atomic mass is 9.81. The van der Waals surface area contributed by atoms with Gasteiger partial charge in [0.05, 0.1) is 11.1 Å². The minimum atomic E-state index is -4.39. The third-order valence-electron chi connectivity index (χ3n) is 4.58. The second-order valence-corrected chi connectivity index (χ2v) is 7.20. The molecule has 0 unspecified atom stereocenters. The minimum absolute atomic E-state index is 0.0404. The number of carbonyl (C=O) groups is 1. The van der Waals surface area contributed by atoms with Crippen molar-refractivity contribution in [3.63, 3.8) is 0 Å². The normalized spacial score (nSPS) is 26.5. The topological polar surface area (TPSA) is 55.8 Å². The number of aliphatic hydroxyl groups excluding tert-OH is 1. The predicted octanol–water partition coefficient (Wildman–Crippen LogP) is 5.08. The predicted molar refractivity (Wildman–Crippen MR) is 89.1 cm³/mol. The zero-order chi connectivity index (χ0) is 19.1. The summed E-state index contributed by atoms with van der Waals surface area (Å²) >= 11 is 12.0. The molecular weight excluding hydrogens is 396 g/mol. The van der Waals surface area contributed by atoms with Crippen LogP contribution in [0, 0.1) is 0 Å². The Hall–Kier alpha value is -1.44. The van der Waals surface area contributed by atoms with E-state index >= 15 is 0 Å². The third-order valence-corrected chi connectivity index (χ3v) is 5.13. The van der Waals surface area contributed by atoms with Gasteiger partial charge in [-0.3, -0.25) is 0 Å². The smallest absolute Gasteiger partial charge is 0.411 e. The van der Waals surface area contributed by atoms with Crippen LogP contribution in [-0.4, -0.2) is 35.6 Å². The van der Waals surface area contributed by atoms with Crippen LogP contribution in [-0.2, 0) is 14.3 Å². The van der Waals surface area contributed by atoms with Gasteiger partial charge in [0.25, 0.3) is 0 Å². The maximum Gasteiger partial charge on any atom is 0.411 e. The Morgan fingerprint density at radius 2 is 1.92 bits per heavy atom. The first-order valence-electron chi connectivity index (χ1n) is 7.92. The van der Waals surface area contributed by atoms with Crippen LogP contribution in [0.25, 0.3) is 5.57 Å². The Kier molecular flexibility index (Phi) is 5.16. The highest BCUT2D eigenvalue weighted by molar-refractivity contribution is 6.37. The lowest BCUT2D eigenvalue weighted by Crippen LogP contribution is -2.39. The number of hydrogen-bond acceptors (Lipinski definition) is 4. The number of ether oxygens (including phenoxy) is 2. The monoisotopic (exact) mass is 410 g/mol. The van der Waals surface area contributed by atoms with Gasteiger partial charge in [-0.15, -0.1) is 0 Å². The molecule has 1 aliphatic carbocycles. The maximum atomic E-state index is 12.3. The van der Waals surface area contributed by atoms with Crippen molar-refractivity contribution in [2.75, 3.05) is 6.61 Å². The summed E-state index contributed by atoms with van der Waals surface area (Å²) in [5.41, 5.74) is -0.986. The van der Waals surface area contributed by atoms with Crippen LogP contribution in [0.15, 0.2) is 24.0 Å². The fourth-order valence-corrected chi connectivity index (χ4v) is 3.81. The van der Waals surface area contributed by atoms with Crippen molar-refractivity contribution in [1.82, 2.24) is 0 Å². The van der Waals surface area contributed by atoms with Crippen LogP contribution in [0.3, 0.4) is 0 Å². The molecule has 142 valence electrons. The molecule has 3 rings (SSSR count). The van der Waals surface area contributed by atoms with E-state index < -0.39 is 30.5 Å². The number of aliphatic hydroxyl groups is 1. The average molecular weight is 411 g/mol. The number of benzene rings is 1. The number of carbonyl (C=O) groups excluding carboxylic acids is 1. The van der Waals surface area contributed by atoms with Gasteiger partial charge in [-0.2, -0.15) is 13.2 Å². The van der Waals surface area contributed by atoms with Crippen molar-refractivity contribution in [2.45, 2.75) is 43.6 Å². The summed E-state index contributed by atoms with van der Waals surface area (Å²) in [5, 5.41) is 11.2. The van der Waals surface area contributed by atoms with Gasteiger partial charge >= 0.3 is 12.1 Å². The van der Waals surface area contributed by atoms with Gasteiger partial charge in [-0.1, -0.05) is 29.3 Å². The molecule has 0 aromatic heterocycles. The first-order chi connectivity index (χ1) is 12.1. The van der Waals surface area contributed by atoms with Crippen molar-refractivity contribution in [2.24, 2.45) is 0 Å². The summed E-state index contributed by atoms with van der Waals surface area (Å²) in [5.74, 6) is -0.970. The van der Waals surface area contributed by atoms with E-state index in [0.717, 1.165) is 0 Å². The molecule has 1 N–H and O–H groups in total. The van der Waals surface area contributed by atoms with E-state index in [0.29, 0.717) is 10.6 Å². The number of alkyl halides is 3. The summed E-state index contributed by atoms with van der Waals surface area (Å²) in [6.07, 6.45) is -4.19. The molecule has 1 spiro atoms. The fourth-order valence-electron chi connectivity index (χ4n) is 3.31. The highest BCUT2D eigenvalue weighted by atomic mass is 35.5. The Labute approximate surface area is 157 Å². The molecule has 1 aliphatic heterocycles. The van der Waals surface area contributed by atoms with Gasteiger partial charge in [0.15, 0.2) is 11.4 Å². The molecule has 1 aromatic carbocycles. The van der Waals surface area contributed by atoms with Crippen LogP contribution in [0.2, 0.25) is 10.0 Å². The molecule has 2 aliphatic rings. The molecule has 26 heavy (non-hydrogen) atoms. The van der Waals surface area contributed by atoms with Gasteiger partial charge in [-0.05, 0) is 37.8 Å². The zero-order valence-corrected chi connectivity index (χ0v) is 14.9. The highest BCUT2D eigenvalue weighted by Gasteiger charge is 2.51. The fraction of sp³-hybridized carbons (Fsp3) is 0.471. The number of halogens is 5. The number of esters is 1. The largest absolute Gasteiger partial charge is 0.507 e. The van der Waals surface area contributed by atoms with E-state index in [1.54, 1.807) is 0 Å². The lowest BCUT2D eigenvalue weighted by molar-refractivity contribution is -0.192. The first-order valence-corrected chi connectivity index (χ1v) is 8.68. The van der Waals surface area contributed by atoms with E-state index in [9.17, 15) is 23.1 Å². The molecule has 0 bridgehead atoms. The van der Waals surface area contributed by atoms with Crippen molar-refractivity contribution in [1.29, 1.82) is 0 Å². The van der Waals surface area contributed by atoms with E-state index in [2.05, 4.69) is 0 Å². The Morgan fingerprint density at radius 3 is 2.50 bits per heavy atom. The molecule has 1 heterocycles. The lowest BCUT2D eigenvalue weighted by Gasteiger charge is -2.35. The summed E-state index contributed by atoms with van der Waals surface area (Å²) in [7, 11) is 0. The van der Waals surface area contributed by atoms with Crippen LogP contribution in [0.4, 0.5) is 13.2 Å². The SMILES string of the molecule is O=C1OC2(CCC(OCC(F)(F)F)CC2)C(O)=C1c1ccc(Cl)cc1Cl. The van der Waals surface area contributed by atoms with Crippen LogP contribution in [0.1, 0.15) is 31.2 Å². The molecule has 1 fully saturated rings. The molecule has 1 saturated carbocycles. The number of hydrogen-bond donors (Lipinski definition) is 1. The third kappa shape index (κ3) is 3.80. The second kappa shape index (κ2) is 6.94. The van der Waals surface area contributed by atoms with Crippen molar-refractivity contribution < 1.29 is 32.5 Å². The van der Waals surface area contributed by atoms with Crippen molar-refractivity contribution >= 4 is 34.7 Å². The summed E-state index contributed by atoms with van der Waals surface area (Å²) in [6, 6.07) is 4.48. The molecule has 0 radical (unpaired) electrons. The molecular formula is C17H15Cl2F3O4. The first kappa shape index (κ1) is 19.3. The standard InChI is InChI=1S/C17H15Cl2F3O4/c18-9-1-2-11(12(19)7-9)13-14(23)16(26-15(13)24)5-3-10(4-6-16)25-8-17(20,21)22/h1-2,7,10,23H,3-6,8H2. The molecule has 4 nitrogen and oxygen atoms in total. The van der Waals surface area contributed by atoms with Crippen molar-refractivity contribution in [3.05, 3.63) is 39.6 Å². The van der Waals surface area contributed by atoms with Gasteiger partial charge in [0.2, 0.25) is 0 Å². The number of rotatable bonds is 3. The van der Waals surface area contributed by atoms with E-state index in [4.69, 9.17) is 32.7 Å². The second-order valence-electron chi connectivity index (χ2n) is 6.36. The summed E-state index contributed by atoms with van der Waals surface area (Å²) in [4.78, 5) is 12.3. The van der Waals surface area contributed by atoms with E-state index in [1.807, 2.05) is 0 Å². The van der Waals surface area contributed by atoms with Gasteiger partial charge in [-0.25, -0.2) is 4.79 Å². The molecule has 0 amide bonds. The quantitative estimate of drug-likeness (QED) is 0.705. The van der Waals surface area contributed by atoms with Crippen LogP contribution < -0.4 is 0 Å². The van der Waals surface area contributed by atoms with Crippen LogP contribution >= 0.6 is 23.2 Å².